The van der Waals surface area contributed by atoms with Gasteiger partial charge in [-0.15, -0.1) is 0 Å². The summed E-state index contributed by atoms with van der Waals surface area (Å²) in [5, 5.41) is 10.7. The normalized spacial score (nSPS) is 34.1. The van der Waals surface area contributed by atoms with Crippen molar-refractivity contribution in [1.82, 2.24) is 4.90 Å². The van der Waals surface area contributed by atoms with Crippen LogP contribution in [0.3, 0.4) is 0 Å². The summed E-state index contributed by atoms with van der Waals surface area (Å²) in [6, 6.07) is 0. The Morgan fingerprint density at radius 1 is 1.19 bits per heavy atom. The van der Waals surface area contributed by atoms with Gasteiger partial charge < -0.3 is 10.0 Å². The number of rotatable bonds is 2. The van der Waals surface area contributed by atoms with Crippen molar-refractivity contribution in [3.05, 3.63) is 0 Å². The first-order valence-corrected chi connectivity index (χ1v) is 6.55. The van der Waals surface area contributed by atoms with E-state index in [0.29, 0.717) is 0 Å². The van der Waals surface area contributed by atoms with Crippen molar-refractivity contribution in [3.63, 3.8) is 0 Å². The second-order valence-electron chi connectivity index (χ2n) is 6.95. The molecule has 1 N–H and O–H groups in total. The predicted molar refractivity (Wildman–Crippen MR) is 69.5 cm³/mol. The number of hydrogen-bond donors (Lipinski definition) is 1. The molecule has 1 unspecified atom stereocenters. The van der Waals surface area contributed by atoms with Crippen molar-refractivity contribution >= 4 is 0 Å². The lowest BCUT2D eigenvalue weighted by Crippen LogP contribution is -2.59. The highest BCUT2D eigenvalue weighted by Crippen LogP contribution is 2.42. The highest BCUT2D eigenvalue weighted by Gasteiger charge is 2.46. The molecule has 0 aromatic rings. The smallest absolute Gasteiger partial charge is 0.0771 e. The maximum absolute atomic E-state index is 10.7. The summed E-state index contributed by atoms with van der Waals surface area (Å²) in [4.78, 5) is 2.26. The van der Waals surface area contributed by atoms with Crippen molar-refractivity contribution in [2.75, 3.05) is 14.1 Å². The van der Waals surface area contributed by atoms with E-state index in [4.69, 9.17) is 0 Å². The lowest BCUT2D eigenvalue weighted by molar-refractivity contribution is -0.0898. The summed E-state index contributed by atoms with van der Waals surface area (Å²) in [6.07, 6.45) is 4.48. The Morgan fingerprint density at radius 3 is 1.94 bits per heavy atom. The van der Waals surface area contributed by atoms with Crippen LogP contribution >= 0.6 is 0 Å². The molecule has 2 nitrogen and oxygen atoms in total. The minimum atomic E-state index is -0.248. The molecule has 0 amide bonds. The van der Waals surface area contributed by atoms with Gasteiger partial charge in [0.25, 0.3) is 0 Å². The molecule has 1 rings (SSSR count). The molecule has 0 radical (unpaired) electrons. The molecule has 96 valence electrons. The SMILES string of the molecule is CC1CCC(C(O)C(C)(C)C)(N(C)C)CC1. The van der Waals surface area contributed by atoms with Crippen molar-refractivity contribution in [3.8, 4) is 0 Å². The van der Waals surface area contributed by atoms with Crippen LogP contribution in [0.4, 0.5) is 0 Å². The molecule has 16 heavy (non-hydrogen) atoms. The Morgan fingerprint density at radius 2 is 1.62 bits per heavy atom. The van der Waals surface area contributed by atoms with Gasteiger partial charge in [0.05, 0.1) is 6.10 Å². The average molecular weight is 227 g/mol. The van der Waals surface area contributed by atoms with E-state index < -0.39 is 0 Å². The van der Waals surface area contributed by atoms with Crippen LogP contribution in [-0.4, -0.2) is 35.7 Å². The Hall–Kier alpha value is -0.0800. The van der Waals surface area contributed by atoms with Gasteiger partial charge >= 0.3 is 0 Å². The maximum Gasteiger partial charge on any atom is 0.0771 e. The van der Waals surface area contributed by atoms with E-state index in [1.165, 1.54) is 12.8 Å². The molecule has 0 heterocycles. The van der Waals surface area contributed by atoms with Crippen molar-refractivity contribution < 1.29 is 5.11 Å². The standard InChI is InChI=1S/C14H29NO/c1-11-7-9-14(10-8-11,15(5)6)12(16)13(2,3)4/h11-12,16H,7-10H2,1-6H3. The van der Waals surface area contributed by atoms with Crippen LogP contribution in [-0.2, 0) is 0 Å². The van der Waals surface area contributed by atoms with Gasteiger partial charge in [-0.05, 0) is 51.1 Å². The van der Waals surface area contributed by atoms with Crippen LogP contribution in [0.5, 0.6) is 0 Å². The Labute approximate surface area is 101 Å². The Balaban J connectivity index is 2.90. The van der Waals surface area contributed by atoms with Gasteiger partial charge in [-0.1, -0.05) is 27.7 Å². The molecule has 0 aliphatic heterocycles. The summed E-state index contributed by atoms with van der Waals surface area (Å²) in [6.45, 7) is 8.74. The second-order valence-corrected chi connectivity index (χ2v) is 6.95. The molecule has 1 atom stereocenters. The third kappa shape index (κ3) is 2.60. The van der Waals surface area contributed by atoms with Gasteiger partial charge in [0.15, 0.2) is 0 Å². The van der Waals surface area contributed by atoms with Gasteiger partial charge in [0.1, 0.15) is 0 Å². The first-order chi connectivity index (χ1) is 7.20. The number of aliphatic hydroxyl groups excluding tert-OH is 1. The van der Waals surface area contributed by atoms with E-state index >= 15 is 0 Å². The van der Waals surface area contributed by atoms with Crippen LogP contribution in [0.25, 0.3) is 0 Å². The largest absolute Gasteiger partial charge is 0.391 e. The van der Waals surface area contributed by atoms with Gasteiger partial charge in [-0.25, -0.2) is 0 Å². The van der Waals surface area contributed by atoms with Crippen LogP contribution in [0.1, 0.15) is 53.4 Å². The van der Waals surface area contributed by atoms with E-state index in [1.54, 1.807) is 0 Å². The predicted octanol–water partition coefficient (Wildman–Crippen LogP) is 2.90. The van der Waals surface area contributed by atoms with Crippen LogP contribution < -0.4 is 0 Å². The number of likely N-dealkylation sites (N-methyl/N-ethyl adjacent to an activating group) is 1. The summed E-state index contributed by atoms with van der Waals surface area (Å²) in [7, 11) is 4.23. The van der Waals surface area contributed by atoms with Crippen LogP contribution in [0, 0.1) is 11.3 Å². The molecule has 0 saturated heterocycles. The van der Waals surface area contributed by atoms with Crippen molar-refractivity contribution in [1.29, 1.82) is 0 Å². The minimum Gasteiger partial charge on any atom is -0.391 e. The minimum absolute atomic E-state index is 0.00917. The number of nitrogens with zero attached hydrogens (tertiary/aromatic N) is 1. The summed E-state index contributed by atoms with van der Waals surface area (Å²) in [5.41, 5.74) is -0.0460. The van der Waals surface area contributed by atoms with Gasteiger partial charge in [-0.2, -0.15) is 0 Å². The zero-order valence-corrected chi connectivity index (χ0v) is 11.9. The fourth-order valence-electron chi connectivity index (χ4n) is 3.03. The zero-order chi connectivity index (χ0) is 12.6. The number of hydrogen-bond acceptors (Lipinski definition) is 2. The van der Waals surface area contributed by atoms with Gasteiger partial charge in [0, 0.05) is 5.54 Å². The molecular formula is C14H29NO. The molecule has 2 heteroatoms. The van der Waals surface area contributed by atoms with Crippen LogP contribution in [0.2, 0.25) is 0 Å². The van der Waals surface area contributed by atoms with Gasteiger partial charge in [-0.3, -0.25) is 0 Å². The molecular weight excluding hydrogens is 198 g/mol. The third-order valence-electron chi connectivity index (χ3n) is 4.36. The average Bonchev–Trinajstić information content (AvgIpc) is 2.16. The summed E-state index contributed by atoms with van der Waals surface area (Å²) < 4.78 is 0. The van der Waals surface area contributed by atoms with E-state index in [9.17, 15) is 5.11 Å². The fraction of sp³-hybridized carbons (Fsp3) is 1.00. The summed E-state index contributed by atoms with van der Waals surface area (Å²) >= 11 is 0. The molecule has 0 aromatic carbocycles. The Bertz CT molecular complexity index is 221. The van der Waals surface area contributed by atoms with E-state index in [2.05, 4.69) is 46.7 Å². The first kappa shape index (κ1) is 14.0. The fourth-order valence-corrected chi connectivity index (χ4v) is 3.03. The third-order valence-corrected chi connectivity index (χ3v) is 4.36. The highest BCUT2D eigenvalue weighted by molar-refractivity contribution is 5.01. The molecule has 1 saturated carbocycles. The molecule has 0 aromatic heterocycles. The van der Waals surface area contributed by atoms with Crippen molar-refractivity contribution in [2.45, 2.75) is 65.0 Å². The quantitative estimate of drug-likeness (QED) is 0.784. The van der Waals surface area contributed by atoms with Crippen LogP contribution in [0.15, 0.2) is 0 Å². The van der Waals surface area contributed by atoms with Gasteiger partial charge in [0.2, 0.25) is 0 Å². The lowest BCUT2D eigenvalue weighted by Gasteiger charge is -2.51. The topological polar surface area (TPSA) is 23.5 Å². The monoisotopic (exact) mass is 227 g/mol. The second kappa shape index (κ2) is 4.66. The first-order valence-electron chi connectivity index (χ1n) is 6.55. The molecule has 0 bridgehead atoms. The molecule has 0 spiro atoms. The maximum atomic E-state index is 10.7. The number of aliphatic hydroxyl groups is 1. The van der Waals surface area contributed by atoms with E-state index in [1.807, 2.05) is 0 Å². The Kier molecular flexibility index (Phi) is 4.07. The molecule has 1 fully saturated rings. The summed E-state index contributed by atoms with van der Waals surface area (Å²) in [5.74, 6) is 0.820. The van der Waals surface area contributed by atoms with Crippen molar-refractivity contribution in [2.24, 2.45) is 11.3 Å². The lowest BCUT2D eigenvalue weighted by atomic mass is 9.66. The molecule has 1 aliphatic rings. The highest BCUT2D eigenvalue weighted by atomic mass is 16.3. The zero-order valence-electron chi connectivity index (χ0n) is 11.9. The molecule has 1 aliphatic carbocycles. The van der Waals surface area contributed by atoms with E-state index in [0.717, 1.165) is 18.8 Å². The van der Waals surface area contributed by atoms with E-state index in [-0.39, 0.29) is 17.1 Å².